The van der Waals surface area contributed by atoms with Gasteiger partial charge in [-0.05, 0) is 48.5 Å². The van der Waals surface area contributed by atoms with Gasteiger partial charge in [-0.2, -0.15) is 18.2 Å². The maximum absolute atomic E-state index is 12.7. The van der Waals surface area contributed by atoms with Gasteiger partial charge < -0.3 is 14.8 Å². The van der Waals surface area contributed by atoms with E-state index in [4.69, 9.17) is 9.47 Å². The van der Waals surface area contributed by atoms with Gasteiger partial charge in [0.05, 0.1) is 17.6 Å². The van der Waals surface area contributed by atoms with E-state index in [-0.39, 0.29) is 23.1 Å². The third-order valence-electron chi connectivity index (χ3n) is 3.72. The van der Waals surface area contributed by atoms with Gasteiger partial charge in [0.1, 0.15) is 17.8 Å². The minimum atomic E-state index is -4.49. The second-order valence-corrected chi connectivity index (χ2v) is 5.61. The molecule has 0 radical (unpaired) electrons. The summed E-state index contributed by atoms with van der Waals surface area (Å²) in [5.74, 6) is 0.283. The molecule has 1 N–H and O–H groups in total. The third-order valence-corrected chi connectivity index (χ3v) is 3.72. The molecule has 2 aromatic carbocycles. The molecule has 0 aliphatic carbocycles. The first kappa shape index (κ1) is 19.9. The van der Waals surface area contributed by atoms with E-state index in [9.17, 15) is 23.3 Å². The van der Waals surface area contributed by atoms with Crippen molar-refractivity contribution in [1.82, 2.24) is 9.97 Å². The molecule has 0 amide bonds. The molecule has 0 spiro atoms. The highest BCUT2D eigenvalue weighted by molar-refractivity contribution is 5.68. The zero-order valence-corrected chi connectivity index (χ0v) is 14.8. The van der Waals surface area contributed by atoms with E-state index in [2.05, 4.69) is 15.3 Å². The van der Waals surface area contributed by atoms with E-state index in [0.717, 1.165) is 30.6 Å². The van der Waals surface area contributed by atoms with Gasteiger partial charge in [-0.25, -0.2) is 4.98 Å². The number of ether oxygens (including phenoxy) is 2. The first-order valence-corrected chi connectivity index (χ1v) is 8.03. The maximum Gasteiger partial charge on any atom is 0.416 e. The van der Waals surface area contributed by atoms with Crippen molar-refractivity contribution in [3.05, 3.63) is 70.5 Å². The number of hydrogen-bond acceptors (Lipinski definition) is 7. The monoisotopic (exact) mass is 406 g/mol. The molecule has 0 saturated heterocycles. The Morgan fingerprint density at radius 1 is 1.00 bits per heavy atom. The van der Waals surface area contributed by atoms with Crippen molar-refractivity contribution in [2.24, 2.45) is 0 Å². The van der Waals surface area contributed by atoms with Crippen LogP contribution in [0.25, 0.3) is 0 Å². The summed E-state index contributed by atoms with van der Waals surface area (Å²) in [7, 11) is 1.49. The fourth-order valence-electron chi connectivity index (χ4n) is 2.33. The van der Waals surface area contributed by atoms with E-state index < -0.39 is 22.4 Å². The Labute approximate surface area is 162 Å². The zero-order valence-electron chi connectivity index (χ0n) is 14.8. The highest BCUT2D eigenvalue weighted by Gasteiger charge is 2.30. The smallest absolute Gasteiger partial charge is 0.416 e. The standard InChI is InChI=1S/C18H13F3N4O4/c1-28-13-6-8-14(9-7-13)29-17-15(25(26)27)16(22-10-23-17)24-12-4-2-11(3-5-12)18(19,20)21/h2-10H,1H3,(H,22,23,24). The van der Waals surface area contributed by atoms with Crippen LogP contribution in [0.4, 0.5) is 30.4 Å². The van der Waals surface area contributed by atoms with Crippen molar-refractivity contribution in [2.75, 3.05) is 12.4 Å². The summed E-state index contributed by atoms with van der Waals surface area (Å²) < 4.78 is 48.5. The molecule has 3 rings (SSSR count). The lowest BCUT2D eigenvalue weighted by atomic mass is 10.2. The molecule has 0 saturated carbocycles. The molecule has 0 unspecified atom stereocenters. The van der Waals surface area contributed by atoms with Crippen LogP contribution >= 0.6 is 0 Å². The molecule has 29 heavy (non-hydrogen) atoms. The van der Waals surface area contributed by atoms with E-state index in [0.29, 0.717) is 5.75 Å². The Morgan fingerprint density at radius 2 is 1.62 bits per heavy atom. The van der Waals surface area contributed by atoms with Crippen LogP contribution in [-0.2, 0) is 6.18 Å². The number of nitro groups is 1. The first-order valence-electron chi connectivity index (χ1n) is 8.03. The fraction of sp³-hybridized carbons (Fsp3) is 0.111. The predicted molar refractivity (Wildman–Crippen MR) is 96.5 cm³/mol. The first-order chi connectivity index (χ1) is 13.8. The van der Waals surface area contributed by atoms with Gasteiger partial charge >= 0.3 is 17.7 Å². The number of benzene rings is 2. The summed E-state index contributed by atoms with van der Waals surface area (Å²) >= 11 is 0. The highest BCUT2D eigenvalue weighted by Crippen LogP contribution is 2.36. The van der Waals surface area contributed by atoms with Crippen LogP contribution in [0.3, 0.4) is 0 Å². The number of halogens is 3. The van der Waals surface area contributed by atoms with Crippen molar-refractivity contribution < 1.29 is 27.6 Å². The SMILES string of the molecule is COc1ccc(Oc2ncnc(Nc3ccc(C(F)(F)F)cc3)c2[N+](=O)[O-])cc1. The molecule has 11 heteroatoms. The van der Waals surface area contributed by atoms with Gasteiger partial charge in [0, 0.05) is 5.69 Å². The van der Waals surface area contributed by atoms with E-state index in [1.807, 2.05) is 0 Å². The lowest BCUT2D eigenvalue weighted by Crippen LogP contribution is -2.06. The largest absolute Gasteiger partial charge is 0.497 e. The van der Waals surface area contributed by atoms with Crippen LogP contribution in [0.1, 0.15) is 5.56 Å². The lowest BCUT2D eigenvalue weighted by Gasteiger charge is -2.11. The molecule has 0 bridgehead atoms. The Hall–Kier alpha value is -3.89. The summed E-state index contributed by atoms with van der Waals surface area (Å²) in [4.78, 5) is 18.4. The Morgan fingerprint density at radius 3 is 2.17 bits per heavy atom. The normalized spacial score (nSPS) is 11.0. The number of anilines is 2. The summed E-state index contributed by atoms with van der Waals surface area (Å²) in [6.07, 6.45) is -3.45. The average molecular weight is 406 g/mol. The number of nitrogens with zero attached hydrogens (tertiary/aromatic N) is 3. The minimum absolute atomic E-state index is 0.176. The molecule has 0 atom stereocenters. The molecule has 1 aromatic heterocycles. The highest BCUT2D eigenvalue weighted by atomic mass is 19.4. The summed E-state index contributed by atoms with van der Waals surface area (Å²) in [5.41, 5.74) is -1.23. The van der Waals surface area contributed by atoms with Crippen molar-refractivity contribution in [3.63, 3.8) is 0 Å². The number of rotatable bonds is 6. The van der Waals surface area contributed by atoms with Gasteiger partial charge in [0.2, 0.25) is 5.82 Å². The molecule has 1 heterocycles. The quantitative estimate of drug-likeness (QED) is 0.457. The summed E-state index contributed by atoms with van der Waals surface area (Å²) in [5, 5.41) is 14.2. The Balaban J connectivity index is 1.89. The minimum Gasteiger partial charge on any atom is -0.497 e. The van der Waals surface area contributed by atoms with Crippen LogP contribution in [-0.4, -0.2) is 22.0 Å². The number of nitrogens with one attached hydrogen (secondary N) is 1. The predicted octanol–water partition coefficient (Wildman–Crippen LogP) is 4.95. The van der Waals surface area contributed by atoms with E-state index in [1.54, 1.807) is 12.1 Å². The maximum atomic E-state index is 12.7. The summed E-state index contributed by atoms with van der Waals surface area (Å²) in [6.45, 7) is 0. The second-order valence-electron chi connectivity index (χ2n) is 5.61. The molecule has 3 aromatic rings. The van der Waals surface area contributed by atoms with Crippen LogP contribution in [0, 0.1) is 10.1 Å². The van der Waals surface area contributed by atoms with Gasteiger partial charge in [0.15, 0.2) is 0 Å². The van der Waals surface area contributed by atoms with Crippen molar-refractivity contribution in [1.29, 1.82) is 0 Å². The van der Waals surface area contributed by atoms with Crippen LogP contribution < -0.4 is 14.8 Å². The van der Waals surface area contributed by atoms with Crippen LogP contribution in [0.2, 0.25) is 0 Å². The Kier molecular flexibility index (Phi) is 5.48. The third kappa shape index (κ3) is 4.69. The van der Waals surface area contributed by atoms with Crippen LogP contribution in [0.15, 0.2) is 54.9 Å². The van der Waals surface area contributed by atoms with Gasteiger partial charge in [-0.3, -0.25) is 10.1 Å². The van der Waals surface area contributed by atoms with Crippen LogP contribution in [0.5, 0.6) is 17.4 Å². The second kappa shape index (κ2) is 8.00. The number of alkyl halides is 3. The van der Waals surface area contributed by atoms with E-state index in [1.165, 1.54) is 19.2 Å². The van der Waals surface area contributed by atoms with Gasteiger partial charge in [0.25, 0.3) is 0 Å². The molecule has 0 aliphatic rings. The number of aromatic nitrogens is 2. The molecule has 150 valence electrons. The topological polar surface area (TPSA) is 99.4 Å². The van der Waals surface area contributed by atoms with Crippen molar-refractivity contribution in [3.8, 4) is 17.4 Å². The molecule has 0 fully saturated rings. The van der Waals surface area contributed by atoms with Crippen molar-refractivity contribution >= 4 is 17.2 Å². The van der Waals surface area contributed by atoms with Crippen molar-refractivity contribution in [2.45, 2.75) is 6.18 Å². The number of hydrogen-bond donors (Lipinski definition) is 1. The zero-order chi connectivity index (χ0) is 21.0. The summed E-state index contributed by atoms with van der Waals surface area (Å²) in [6, 6.07) is 10.3. The van der Waals surface area contributed by atoms with Gasteiger partial charge in [-0.15, -0.1) is 0 Å². The molecule has 8 nitrogen and oxygen atoms in total. The Bertz CT molecular complexity index is 1010. The average Bonchev–Trinajstić information content (AvgIpc) is 2.68. The van der Waals surface area contributed by atoms with E-state index >= 15 is 0 Å². The van der Waals surface area contributed by atoms with Gasteiger partial charge in [-0.1, -0.05) is 0 Å². The molecular weight excluding hydrogens is 393 g/mol. The molecular formula is C18H13F3N4O4. The molecule has 0 aliphatic heterocycles. The fourth-order valence-corrected chi connectivity index (χ4v) is 2.33. The lowest BCUT2D eigenvalue weighted by molar-refractivity contribution is -0.385. The number of methoxy groups -OCH3 is 1.